The van der Waals surface area contributed by atoms with E-state index in [1.807, 2.05) is 26.8 Å². The van der Waals surface area contributed by atoms with Gasteiger partial charge in [-0.15, -0.1) is 0 Å². The van der Waals surface area contributed by atoms with Crippen LogP contribution >= 0.6 is 0 Å². The number of piperidine rings is 1. The van der Waals surface area contributed by atoms with Crippen molar-refractivity contribution in [2.45, 2.75) is 39.2 Å². The van der Waals surface area contributed by atoms with Crippen molar-refractivity contribution < 1.29 is 19.0 Å². The molecule has 152 valence electrons. The van der Waals surface area contributed by atoms with Gasteiger partial charge in [0.1, 0.15) is 17.7 Å². The second kappa shape index (κ2) is 8.08. The first-order chi connectivity index (χ1) is 13.3. The number of fused-ring (bicyclic) bond motifs is 1. The van der Waals surface area contributed by atoms with Crippen LogP contribution in [0.4, 0.5) is 10.6 Å². The summed E-state index contributed by atoms with van der Waals surface area (Å²) in [6.07, 6.45) is 2.91. The van der Waals surface area contributed by atoms with E-state index in [4.69, 9.17) is 19.9 Å². The van der Waals surface area contributed by atoms with Crippen molar-refractivity contribution in [3.63, 3.8) is 0 Å². The number of benzene rings is 1. The molecule has 8 nitrogen and oxygen atoms in total. The Morgan fingerprint density at radius 1 is 1.21 bits per heavy atom. The van der Waals surface area contributed by atoms with Crippen molar-refractivity contribution in [2.75, 3.05) is 32.5 Å². The number of nitrogens with two attached hydrogens (primary N) is 1. The molecule has 1 amide bonds. The fourth-order valence-corrected chi connectivity index (χ4v) is 3.17. The SMILES string of the molecule is COc1cc2c(N)ncnc2cc1OCC1CCN(C(=O)OC(C)(C)C)CC1. The maximum atomic E-state index is 12.2. The molecular weight excluding hydrogens is 360 g/mol. The highest BCUT2D eigenvalue weighted by molar-refractivity contribution is 5.90. The number of hydrogen-bond donors (Lipinski definition) is 1. The van der Waals surface area contributed by atoms with Crippen LogP contribution in [0.3, 0.4) is 0 Å². The lowest BCUT2D eigenvalue weighted by Gasteiger charge is -2.33. The van der Waals surface area contributed by atoms with Gasteiger partial charge in [0, 0.05) is 24.5 Å². The highest BCUT2D eigenvalue weighted by Gasteiger charge is 2.27. The van der Waals surface area contributed by atoms with Crippen LogP contribution in [0.25, 0.3) is 10.9 Å². The highest BCUT2D eigenvalue weighted by atomic mass is 16.6. The van der Waals surface area contributed by atoms with Crippen LogP contribution in [0.5, 0.6) is 11.5 Å². The van der Waals surface area contributed by atoms with Gasteiger partial charge < -0.3 is 24.8 Å². The number of ether oxygens (including phenoxy) is 3. The van der Waals surface area contributed by atoms with Crippen molar-refractivity contribution >= 4 is 22.8 Å². The number of nitrogens with zero attached hydrogens (tertiary/aromatic N) is 3. The minimum absolute atomic E-state index is 0.250. The largest absolute Gasteiger partial charge is 0.493 e. The molecule has 1 fully saturated rings. The zero-order chi connectivity index (χ0) is 20.3. The van der Waals surface area contributed by atoms with Crippen molar-refractivity contribution in [3.8, 4) is 11.5 Å². The molecule has 3 rings (SSSR count). The maximum Gasteiger partial charge on any atom is 0.410 e. The Bertz CT molecular complexity index is 842. The van der Waals surface area contributed by atoms with E-state index in [9.17, 15) is 4.79 Å². The molecular formula is C20H28N4O4. The first-order valence-corrected chi connectivity index (χ1v) is 9.46. The van der Waals surface area contributed by atoms with Crippen LogP contribution in [-0.2, 0) is 4.74 Å². The van der Waals surface area contributed by atoms with E-state index in [-0.39, 0.29) is 6.09 Å². The Labute approximate surface area is 165 Å². The van der Waals surface area contributed by atoms with E-state index >= 15 is 0 Å². The summed E-state index contributed by atoms with van der Waals surface area (Å²) < 4.78 is 16.9. The summed E-state index contributed by atoms with van der Waals surface area (Å²) >= 11 is 0. The average molecular weight is 388 g/mol. The first kappa shape index (κ1) is 20.0. The number of aromatic nitrogens is 2. The summed E-state index contributed by atoms with van der Waals surface area (Å²) in [6, 6.07) is 3.62. The van der Waals surface area contributed by atoms with Gasteiger partial charge in [-0.3, -0.25) is 0 Å². The van der Waals surface area contributed by atoms with E-state index in [0.717, 1.165) is 18.2 Å². The maximum absolute atomic E-state index is 12.2. The number of methoxy groups -OCH3 is 1. The van der Waals surface area contributed by atoms with E-state index in [2.05, 4.69) is 9.97 Å². The molecule has 2 aromatic rings. The van der Waals surface area contributed by atoms with Gasteiger partial charge in [0.05, 0.1) is 19.2 Å². The number of hydrogen-bond acceptors (Lipinski definition) is 7. The van der Waals surface area contributed by atoms with Crippen molar-refractivity contribution in [1.29, 1.82) is 0 Å². The summed E-state index contributed by atoms with van der Waals surface area (Å²) in [7, 11) is 1.59. The number of rotatable bonds is 4. The van der Waals surface area contributed by atoms with Crippen molar-refractivity contribution in [2.24, 2.45) is 5.92 Å². The third-order valence-electron chi connectivity index (χ3n) is 4.69. The molecule has 0 aliphatic carbocycles. The van der Waals surface area contributed by atoms with Gasteiger partial charge in [-0.1, -0.05) is 0 Å². The van der Waals surface area contributed by atoms with Gasteiger partial charge in [-0.05, 0) is 45.6 Å². The van der Waals surface area contributed by atoms with Crippen molar-refractivity contribution in [1.82, 2.24) is 14.9 Å². The molecule has 1 aromatic carbocycles. The van der Waals surface area contributed by atoms with Crippen LogP contribution < -0.4 is 15.2 Å². The van der Waals surface area contributed by atoms with E-state index in [1.54, 1.807) is 18.1 Å². The third kappa shape index (κ3) is 4.74. The molecule has 8 heteroatoms. The molecule has 0 atom stereocenters. The number of nitrogen functional groups attached to an aromatic ring is 1. The summed E-state index contributed by atoms with van der Waals surface area (Å²) in [4.78, 5) is 22.2. The molecule has 1 aliphatic heterocycles. The number of carbonyl (C=O) groups is 1. The average Bonchev–Trinajstić information content (AvgIpc) is 2.65. The number of carbonyl (C=O) groups excluding carboxylic acids is 1. The van der Waals surface area contributed by atoms with Crippen LogP contribution in [0, 0.1) is 5.92 Å². The predicted octanol–water partition coefficient (Wildman–Crippen LogP) is 3.25. The Hall–Kier alpha value is -2.77. The number of amides is 1. The van der Waals surface area contributed by atoms with Crippen LogP contribution in [0.2, 0.25) is 0 Å². The molecule has 0 bridgehead atoms. The smallest absolute Gasteiger partial charge is 0.410 e. The van der Waals surface area contributed by atoms with Gasteiger partial charge >= 0.3 is 6.09 Å². The van der Waals surface area contributed by atoms with Crippen LogP contribution in [-0.4, -0.2) is 53.4 Å². The Kier molecular flexibility index (Phi) is 5.76. The van der Waals surface area contributed by atoms with Gasteiger partial charge in [0.2, 0.25) is 0 Å². The van der Waals surface area contributed by atoms with Crippen molar-refractivity contribution in [3.05, 3.63) is 18.5 Å². The minimum atomic E-state index is -0.476. The standard InChI is InChI=1S/C20H28N4O4/c1-20(2,3)28-19(25)24-7-5-13(6-8-24)11-27-17-10-15-14(9-16(17)26-4)18(21)23-12-22-15/h9-10,12-13H,5-8,11H2,1-4H3,(H2,21,22,23). The molecule has 2 N–H and O–H groups in total. The summed E-state index contributed by atoms with van der Waals surface area (Å²) in [5.41, 5.74) is 6.14. The van der Waals surface area contributed by atoms with E-state index < -0.39 is 5.60 Å². The molecule has 1 saturated heterocycles. The minimum Gasteiger partial charge on any atom is -0.493 e. The second-order valence-corrected chi connectivity index (χ2v) is 8.00. The molecule has 0 radical (unpaired) electrons. The summed E-state index contributed by atoms with van der Waals surface area (Å²) in [5, 5.41) is 0.734. The fourth-order valence-electron chi connectivity index (χ4n) is 3.17. The lowest BCUT2D eigenvalue weighted by molar-refractivity contribution is 0.0164. The van der Waals surface area contributed by atoms with E-state index in [1.165, 1.54) is 6.33 Å². The van der Waals surface area contributed by atoms with E-state index in [0.29, 0.717) is 48.4 Å². The third-order valence-corrected chi connectivity index (χ3v) is 4.69. The molecule has 1 aromatic heterocycles. The Balaban J connectivity index is 1.59. The van der Waals surface area contributed by atoms with Crippen LogP contribution in [0.15, 0.2) is 18.5 Å². The fraction of sp³-hybridized carbons (Fsp3) is 0.550. The Morgan fingerprint density at radius 3 is 2.57 bits per heavy atom. The normalized spacial score (nSPS) is 15.5. The van der Waals surface area contributed by atoms with Gasteiger partial charge in [0.25, 0.3) is 0 Å². The van der Waals surface area contributed by atoms with Gasteiger partial charge in [0.15, 0.2) is 11.5 Å². The Morgan fingerprint density at radius 2 is 1.93 bits per heavy atom. The quantitative estimate of drug-likeness (QED) is 0.858. The predicted molar refractivity (Wildman–Crippen MR) is 107 cm³/mol. The number of likely N-dealkylation sites (tertiary alicyclic amines) is 1. The lowest BCUT2D eigenvalue weighted by atomic mass is 9.98. The molecule has 2 heterocycles. The monoisotopic (exact) mass is 388 g/mol. The first-order valence-electron chi connectivity index (χ1n) is 9.46. The second-order valence-electron chi connectivity index (χ2n) is 8.00. The lowest BCUT2D eigenvalue weighted by Crippen LogP contribution is -2.42. The summed E-state index contributed by atoms with van der Waals surface area (Å²) in [6.45, 7) is 7.51. The topological polar surface area (TPSA) is 99.8 Å². The van der Waals surface area contributed by atoms with Crippen LogP contribution in [0.1, 0.15) is 33.6 Å². The van der Waals surface area contributed by atoms with Gasteiger partial charge in [-0.25, -0.2) is 14.8 Å². The number of anilines is 1. The molecule has 28 heavy (non-hydrogen) atoms. The summed E-state index contributed by atoms with van der Waals surface area (Å²) in [5.74, 6) is 1.99. The zero-order valence-corrected chi connectivity index (χ0v) is 16.9. The molecule has 1 aliphatic rings. The molecule has 0 saturated carbocycles. The van der Waals surface area contributed by atoms with Gasteiger partial charge in [-0.2, -0.15) is 0 Å². The molecule has 0 spiro atoms. The molecule has 0 unspecified atom stereocenters. The zero-order valence-electron chi connectivity index (χ0n) is 16.9. The highest BCUT2D eigenvalue weighted by Crippen LogP contribution is 2.34.